The summed E-state index contributed by atoms with van der Waals surface area (Å²) in [6.45, 7) is 13.8. The molecule has 0 saturated carbocycles. The molecule has 7 heteroatoms. The van der Waals surface area contributed by atoms with Gasteiger partial charge in [-0.15, -0.1) is 0 Å². The summed E-state index contributed by atoms with van der Waals surface area (Å²) in [5, 5.41) is 6.92. The van der Waals surface area contributed by atoms with Crippen LogP contribution >= 0.6 is 0 Å². The number of rotatable bonds is 8. The highest BCUT2D eigenvalue weighted by molar-refractivity contribution is 5.81. The van der Waals surface area contributed by atoms with Crippen LogP contribution in [0.15, 0.2) is 35.3 Å². The normalized spacial score (nSPS) is 25.3. The third kappa shape index (κ3) is 6.94. The van der Waals surface area contributed by atoms with Gasteiger partial charge in [0.25, 0.3) is 0 Å². The third-order valence-corrected chi connectivity index (χ3v) is 6.55. The van der Waals surface area contributed by atoms with E-state index in [-0.39, 0.29) is 23.7 Å². The van der Waals surface area contributed by atoms with Gasteiger partial charge in [-0.1, -0.05) is 30.3 Å². The molecule has 178 valence electrons. The molecule has 2 aliphatic heterocycles. The first kappa shape index (κ1) is 24.5. The average molecular weight is 444 g/mol. The van der Waals surface area contributed by atoms with E-state index >= 15 is 0 Å². The van der Waals surface area contributed by atoms with Gasteiger partial charge in [0.2, 0.25) is 5.91 Å². The quantitative estimate of drug-likeness (QED) is 0.476. The number of amides is 1. The number of likely N-dealkylation sites (tertiary alicyclic amines) is 1. The van der Waals surface area contributed by atoms with Crippen LogP contribution < -0.4 is 10.6 Å². The monoisotopic (exact) mass is 443 g/mol. The second-order valence-corrected chi connectivity index (χ2v) is 9.93. The molecule has 0 aromatic heterocycles. The number of nitrogens with one attached hydrogen (secondary N) is 2. The van der Waals surface area contributed by atoms with Crippen molar-refractivity contribution in [3.8, 4) is 0 Å². The molecule has 0 bridgehead atoms. The maximum Gasteiger partial charge on any atom is 0.223 e. The molecule has 2 saturated heterocycles. The number of hydrogen-bond acceptors (Lipinski definition) is 4. The van der Waals surface area contributed by atoms with Crippen LogP contribution in [0.3, 0.4) is 0 Å². The molecule has 1 aromatic carbocycles. The molecule has 3 rings (SSSR count). The number of carbonyl (C=O) groups excluding carboxylic acids is 1. The summed E-state index contributed by atoms with van der Waals surface area (Å²) in [7, 11) is 1.80. The molecular formula is C25H41N5O2. The summed E-state index contributed by atoms with van der Waals surface area (Å²) >= 11 is 0. The number of nitrogens with zero attached hydrogens (tertiary/aromatic N) is 3. The van der Waals surface area contributed by atoms with Crippen LogP contribution in [-0.4, -0.2) is 85.7 Å². The zero-order chi connectivity index (χ0) is 23.1. The minimum Gasteiger partial charge on any atom is -0.373 e. The molecule has 2 aliphatic rings. The van der Waals surface area contributed by atoms with Crippen LogP contribution in [-0.2, 0) is 16.0 Å². The van der Waals surface area contributed by atoms with Crippen molar-refractivity contribution in [3.05, 3.63) is 35.9 Å². The van der Waals surface area contributed by atoms with Gasteiger partial charge in [-0.05, 0) is 39.7 Å². The Bertz CT molecular complexity index is 757. The summed E-state index contributed by atoms with van der Waals surface area (Å²) in [5.41, 5.74) is 1.26. The van der Waals surface area contributed by atoms with Crippen molar-refractivity contribution in [2.24, 2.45) is 10.9 Å². The van der Waals surface area contributed by atoms with Crippen molar-refractivity contribution < 1.29 is 9.53 Å². The first-order valence-electron chi connectivity index (χ1n) is 11.9. The molecular weight excluding hydrogens is 402 g/mol. The number of benzene rings is 1. The molecule has 1 amide bonds. The highest BCUT2D eigenvalue weighted by Crippen LogP contribution is 2.21. The summed E-state index contributed by atoms with van der Waals surface area (Å²) in [4.78, 5) is 21.3. The van der Waals surface area contributed by atoms with Gasteiger partial charge in [-0.3, -0.25) is 14.7 Å². The molecule has 0 radical (unpaired) electrons. The van der Waals surface area contributed by atoms with Crippen molar-refractivity contribution in [1.29, 1.82) is 0 Å². The predicted molar refractivity (Wildman–Crippen MR) is 130 cm³/mol. The van der Waals surface area contributed by atoms with E-state index in [4.69, 9.17) is 4.74 Å². The van der Waals surface area contributed by atoms with Gasteiger partial charge in [0.15, 0.2) is 5.96 Å². The van der Waals surface area contributed by atoms with Crippen LogP contribution in [0.5, 0.6) is 0 Å². The number of hydrogen-bond donors (Lipinski definition) is 2. The molecule has 0 spiro atoms. The lowest BCUT2D eigenvalue weighted by molar-refractivity contribution is -0.127. The van der Waals surface area contributed by atoms with Crippen LogP contribution in [0.4, 0.5) is 0 Å². The Morgan fingerprint density at radius 1 is 1.12 bits per heavy atom. The number of ether oxygens (including phenoxy) is 1. The Hall–Kier alpha value is -2.12. The van der Waals surface area contributed by atoms with Gasteiger partial charge in [0.05, 0.1) is 12.2 Å². The molecule has 32 heavy (non-hydrogen) atoms. The number of aliphatic imine (C=N–C) groups is 1. The number of guanidine groups is 1. The van der Waals surface area contributed by atoms with E-state index in [0.29, 0.717) is 12.3 Å². The van der Waals surface area contributed by atoms with Gasteiger partial charge in [-0.25, -0.2) is 0 Å². The fourth-order valence-electron chi connectivity index (χ4n) is 4.66. The van der Waals surface area contributed by atoms with Gasteiger partial charge >= 0.3 is 0 Å². The minimum atomic E-state index is -0.0124. The van der Waals surface area contributed by atoms with Crippen LogP contribution in [0, 0.1) is 5.92 Å². The number of morpholine rings is 1. The third-order valence-electron chi connectivity index (χ3n) is 6.55. The van der Waals surface area contributed by atoms with E-state index in [1.54, 1.807) is 7.05 Å². The largest absolute Gasteiger partial charge is 0.373 e. The van der Waals surface area contributed by atoms with Crippen molar-refractivity contribution >= 4 is 11.9 Å². The molecule has 7 nitrogen and oxygen atoms in total. The van der Waals surface area contributed by atoms with Crippen LogP contribution in [0.25, 0.3) is 0 Å². The van der Waals surface area contributed by atoms with E-state index in [0.717, 1.165) is 51.6 Å². The Morgan fingerprint density at radius 2 is 1.81 bits per heavy atom. The van der Waals surface area contributed by atoms with E-state index in [1.807, 2.05) is 23.1 Å². The van der Waals surface area contributed by atoms with E-state index in [1.165, 1.54) is 5.56 Å². The Balaban J connectivity index is 1.41. The molecule has 3 unspecified atom stereocenters. The Morgan fingerprint density at radius 3 is 2.47 bits per heavy atom. The Kier molecular flexibility index (Phi) is 8.54. The zero-order valence-electron chi connectivity index (χ0n) is 20.4. The summed E-state index contributed by atoms with van der Waals surface area (Å²) in [5.74, 6) is 1.36. The van der Waals surface area contributed by atoms with Gasteiger partial charge in [-0.2, -0.15) is 0 Å². The van der Waals surface area contributed by atoms with Crippen molar-refractivity contribution in [3.63, 3.8) is 0 Å². The first-order valence-corrected chi connectivity index (χ1v) is 11.9. The Labute approximate surface area is 193 Å². The smallest absolute Gasteiger partial charge is 0.223 e. The predicted octanol–water partition coefficient (Wildman–Crippen LogP) is 2.13. The van der Waals surface area contributed by atoms with Crippen molar-refractivity contribution in [1.82, 2.24) is 20.4 Å². The van der Waals surface area contributed by atoms with Gasteiger partial charge in [0.1, 0.15) is 0 Å². The van der Waals surface area contributed by atoms with Crippen molar-refractivity contribution in [2.45, 2.75) is 58.3 Å². The van der Waals surface area contributed by atoms with Crippen molar-refractivity contribution in [2.75, 3.05) is 46.3 Å². The molecule has 2 heterocycles. The number of carbonyl (C=O) groups is 1. The molecule has 2 fully saturated rings. The van der Waals surface area contributed by atoms with E-state index < -0.39 is 0 Å². The maximum absolute atomic E-state index is 12.4. The van der Waals surface area contributed by atoms with E-state index in [2.05, 4.69) is 60.4 Å². The van der Waals surface area contributed by atoms with Gasteiger partial charge in [0, 0.05) is 64.2 Å². The zero-order valence-corrected chi connectivity index (χ0v) is 20.4. The summed E-state index contributed by atoms with van der Waals surface area (Å²) in [6.07, 6.45) is 2.01. The standard InChI is InChI=1S/C25H41N5O2/c1-19-15-30(16-20(2)32-19)25(3,4)18-28-24(26-5)27-14-22-13-23(31)29(17-22)12-11-21-9-7-6-8-10-21/h6-10,19-20,22H,11-18H2,1-5H3,(H2,26,27,28). The summed E-state index contributed by atoms with van der Waals surface area (Å²) in [6, 6.07) is 10.4. The average Bonchev–Trinajstić information content (AvgIpc) is 3.12. The fraction of sp³-hybridized carbons (Fsp3) is 0.680. The highest BCUT2D eigenvalue weighted by atomic mass is 16.5. The van der Waals surface area contributed by atoms with Crippen LogP contribution in [0.1, 0.15) is 39.7 Å². The SMILES string of the molecule is CN=C(NCC1CC(=O)N(CCc2ccccc2)C1)NCC(C)(C)N1CC(C)OC(C)C1. The van der Waals surface area contributed by atoms with Gasteiger partial charge < -0.3 is 20.3 Å². The van der Waals surface area contributed by atoms with E-state index in [9.17, 15) is 4.79 Å². The minimum absolute atomic E-state index is 0.0124. The lowest BCUT2D eigenvalue weighted by Crippen LogP contribution is -2.59. The lowest BCUT2D eigenvalue weighted by atomic mass is 10.00. The molecule has 2 N–H and O–H groups in total. The summed E-state index contributed by atoms with van der Waals surface area (Å²) < 4.78 is 5.88. The molecule has 1 aromatic rings. The fourth-order valence-corrected chi connectivity index (χ4v) is 4.66. The topological polar surface area (TPSA) is 69.2 Å². The lowest BCUT2D eigenvalue weighted by Gasteiger charge is -2.45. The second kappa shape index (κ2) is 11.1. The van der Waals surface area contributed by atoms with Crippen LogP contribution in [0.2, 0.25) is 0 Å². The molecule has 0 aliphatic carbocycles. The highest BCUT2D eigenvalue weighted by Gasteiger charge is 2.33. The first-order chi connectivity index (χ1) is 15.3. The maximum atomic E-state index is 12.4. The second-order valence-electron chi connectivity index (χ2n) is 9.93. The molecule has 3 atom stereocenters.